The summed E-state index contributed by atoms with van der Waals surface area (Å²) in [6, 6.07) is 10.1. The number of hydrogen-bond donors (Lipinski definition) is 2. The van der Waals surface area contributed by atoms with Crippen LogP contribution in [0.15, 0.2) is 30.3 Å². The van der Waals surface area contributed by atoms with Crippen LogP contribution in [0.5, 0.6) is 0 Å². The first-order valence-corrected chi connectivity index (χ1v) is 6.58. The molecule has 2 amide bonds. The second-order valence-electron chi connectivity index (χ2n) is 4.97. The Balaban J connectivity index is 1.90. The quantitative estimate of drug-likeness (QED) is 0.843. The van der Waals surface area contributed by atoms with Crippen molar-refractivity contribution in [1.82, 2.24) is 10.4 Å². The molecule has 1 saturated heterocycles. The van der Waals surface area contributed by atoms with E-state index in [0.29, 0.717) is 12.1 Å². The largest absolute Gasteiger partial charge is 0.333 e. The molecule has 0 saturated carbocycles. The number of urea groups is 1. The zero-order chi connectivity index (χ0) is 13.0. The zero-order valence-corrected chi connectivity index (χ0v) is 11.0. The molecule has 1 aliphatic heterocycles. The number of amides is 2. The maximum absolute atomic E-state index is 11.9. The molecule has 98 valence electrons. The van der Waals surface area contributed by atoms with E-state index >= 15 is 0 Å². The molecule has 4 nitrogen and oxygen atoms in total. The van der Waals surface area contributed by atoms with Gasteiger partial charge in [0, 0.05) is 17.8 Å². The number of nitrogens with zero attached hydrogens (tertiary/aromatic N) is 1. The number of nitrogens with one attached hydrogen (secondary N) is 2. The Morgan fingerprint density at radius 1 is 1.17 bits per heavy atom. The molecule has 1 aliphatic rings. The fourth-order valence-electron chi connectivity index (χ4n) is 2.44. The van der Waals surface area contributed by atoms with Gasteiger partial charge in [-0.1, -0.05) is 24.6 Å². The van der Waals surface area contributed by atoms with Gasteiger partial charge in [-0.15, -0.1) is 0 Å². The van der Waals surface area contributed by atoms with Crippen molar-refractivity contribution in [3.05, 3.63) is 30.3 Å². The molecule has 0 aliphatic carbocycles. The molecular formula is C14H21N3O. The molecule has 1 aromatic rings. The van der Waals surface area contributed by atoms with Gasteiger partial charge in [-0.3, -0.25) is 5.43 Å². The minimum absolute atomic E-state index is 0.165. The summed E-state index contributed by atoms with van der Waals surface area (Å²) < 4.78 is 0. The number of anilines is 1. The van der Waals surface area contributed by atoms with E-state index in [1.165, 1.54) is 6.42 Å². The van der Waals surface area contributed by atoms with Crippen molar-refractivity contribution in [2.75, 3.05) is 5.32 Å². The lowest BCUT2D eigenvalue weighted by atomic mass is 10.00. The third-order valence-corrected chi connectivity index (χ3v) is 3.46. The first-order chi connectivity index (χ1) is 8.66. The Kier molecular flexibility index (Phi) is 4.20. The maximum Gasteiger partial charge on any atom is 0.333 e. The summed E-state index contributed by atoms with van der Waals surface area (Å²) in [6.07, 6.45) is 3.51. The van der Waals surface area contributed by atoms with Gasteiger partial charge in [0.2, 0.25) is 0 Å². The average Bonchev–Trinajstić information content (AvgIpc) is 2.35. The molecule has 0 bridgehead atoms. The van der Waals surface area contributed by atoms with Crippen LogP contribution < -0.4 is 10.7 Å². The number of benzene rings is 1. The van der Waals surface area contributed by atoms with Crippen LogP contribution in [0.3, 0.4) is 0 Å². The van der Waals surface area contributed by atoms with Gasteiger partial charge in [-0.2, -0.15) is 0 Å². The average molecular weight is 247 g/mol. The van der Waals surface area contributed by atoms with Gasteiger partial charge in [0.1, 0.15) is 0 Å². The highest BCUT2D eigenvalue weighted by Crippen LogP contribution is 2.20. The lowest BCUT2D eigenvalue weighted by Crippen LogP contribution is -2.55. The molecular weight excluding hydrogens is 226 g/mol. The van der Waals surface area contributed by atoms with E-state index in [4.69, 9.17) is 0 Å². The highest BCUT2D eigenvalue weighted by Gasteiger charge is 2.25. The summed E-state index contributed by atoms with van der Waals surface area (Å²) in [4.78, 5) is 11.9. The standard InChI is InChI=1S/C14H21N3O/c1-11-7-6-8-12(2)17(11)16-14(18)15-13-9-4-3-5-10-13/h3-5,9-12H,6-8H2,1-2H3,(H2,15,16,18)/t11-,12-/m1/s1. The third kappa shape index (κ3) is 3.23. The Labute approximate surface area is 108 Å². The molecule has 4 heteroatoms. The van der Waals surface area contributed by atoms with E-state index in [1.807, 2.05) is 30.3 Å². The molecule has 1 heterocycles. The predicted octanol–water partition coefficient (Wildman–Crippen LogP) is 2.99. The number of carbonyl (C=O) groups is 1. The molecule has 2 atom stereocenters. The first kappa shape index (κ1) is 12.9. The Bertz CT molecular complexity index is 383. The van der Waals surface area contributed by atoms with Crippen LogP contribution in [-0.2, 0) is 0 Å². The number of hydrogen-bond acceptors (Lipinski definition) is 2. The Morgan fingerprint density at radius 3 is 2.39 bits per heavy atom. The molecule has 2 N–H and O–H groups in total. The van der Waals surface area contributed by atoms with Gasteiger partial charge in [0.25, 0.3) is 0 Å². The lowest BCUT2D eigenvalue weighted by molar-refractivity contribution is 0.0625. The van der Waals surface area contributed by atoms with Crippen LogP contribution in [-0.4, -0.2) is 23.1 Å². The minimum Gasteiger partial charge on any atom is -0.307 e. The van der Waals surface area contributed by atoms with Crippen molar-refractivity contribution in [3.63, 3.8) is 0 Å². The number of carbonyl (C=O) groups excluding carboxylic acids is 1. The molecule has 18 heavy (non-hydrogen) atoms. The summed E-state index contributed by atoms with van der Waals surface area (Å²) in [5.74, 6) is 0. The first-order valence-electron chi connectivity index (χ1n) is 6.58. The number of rotatable bonds is 2. The van der Waals surface area contributed by atoms with Crippen molar-refractivity contribution >= 4 is 11.7 Å². The highest BCUT2D eigenvalue weighted by atomic mass is 16.2. The highest BCUT2D eigenvalue weighted by molar-refractivity contribution is 5.88. The van der Waals surface area contributed by atoms with Crippen LogP contribution in [0.2, 0.25) is 0 Å². The maximum atomic E-state index is 11.9. The number of para-hydroxylation sites is 1. The smallest absolute Gasteiger partial charge is 0.307 e. The zero-order valence-electron chi connectivity index (χ0n) is 11.0. The van der Waals surface area contributed by atoms with Gasteiger partial charge in [0.15, 0.2) is 0 Å². The normalized spacial score (nSPS) is 24.6. The monoisotopic (exact) mass is 247 g/mol. The Hall–Kier alpha value is -1.55. The lowest BCUT2D eigenvalue weighted by Gasteiger charge is -2.38. The molecule has 1 fully saturated rings. The van der Waals surface area contributed by atoms with Crippen molar-refractivity contribution in [2.45, 2.75) is 45.2 Å². The fraction of sp³-hybridized carbons (Fsp3) is 0.500. The van der Waals surface area contributed by atoms with Crippen molar-refractivity contribution in [3.8, 4) is 0 Å². The van der Waals surface area contributed by atoms with E-state index in [9.17, 15) is 4.79 Å². The molecule has 0 aromatic heterocycles. The van der Waals surface area contributed by atoms with E-state index in [1.54, 1.807) is 0 Å². The van der Waals surface area contributed by atoms with E-state index < -0.39 is 0 Å². The van der Waals surface area contributed by atoms with Gasteiger partial charge in [-0.05, 0) is 38.8 Å². The van der Waals surface area contributed by atoms with Crippen LogP contribution in [0.4, 0.5) is 10.5 Å². The van der Waals surface area contributed by atoms with Crippen LogP contribution >= 0.6 is 0 Å². The van der Waals surface area contributed by atoms with Crippen molar-refractivity contribution in [1.29, 1.82) is 0 Å². The second kappa shape index (κ2) is 5.87. The summed E-state index contributed by atoms with van der Waals surface area (Å²) in [7, 11) is 0. The number of piperidine rings is 1. The fourth-order valence-corrected chi connectivity index (χ4v) is 2.44. The topological polar surface area (TPSA) is 44.4 Å². The molecule has 0 spiro atoms. The van der Waals surface area contributed by atoms with Crippen LogP contribution in [0.1, 0.15) is 33.1 Å². The van der Waals surface area contributed by atoms with Crippen molar-refractivity contribution < 1.29 is 4.79 Å². The second-order valence-corrected chi connectivity index (χ2v) is 4.97. The van der Waals surface area contributed by atoms with Crippen molar-refractivity contribution in [2.24, 2.45) is 0 Å². The number of hydrazine groups is 1. The van der Waals surface area contributed by atoms with Gasteiger partial charge in [-0.25, -0.2) is 9.80 Å². The molecule has 2 rings (SSSR count). The van der Waals surface area contributed by atoms with E-state index in [-0.39, 0.29) is 6.03 Å². The molecule has 0 radical (unpaired) electrons. The molecule has 1 aromatic carbocycles. The third-order valence-electron chi connectivity index (χ3n) is 3.46. The summed E-state index contributed by atoms with van der Waals surface area (Å²) in [5, 5.41) is 4.90. The Morgan fingerprint density at radius 2 is 1.78 bits per heavy atom. The van der Waals surface area contributed by atoms with Gasteiger partial charge in [0.05, 0.1) is 0 Å². The predicted molar refractivity (Wildman–Crippen MR) is 73.2 cm³/mol. The van der Waals surface area contributed by atoms with Crippen LogP contribution in [0.25, 0.3) is 0 Å². The summed E-state index contributed by atoms with van der Waals surface area (Å²) >= 11 is 0. The van der Waals surface area contributed by atoms with E-state index in [0.717, 1.165) is 18.5 Å². The summed E-state index contributed by atoms with van der Waals surface area (Å²) in [6.45, 7) is 4.30. The van der Waals surface area contributed by atoms with Gasteiger partial charge < -0.3 is 5.32 Å². The summed E-state index contributed by atoms with van der Waals surface area (Å²) in [5.41, 5.74) is 3.76. The minimum atomic E-state index is -0.165. The van der Waals surface area contributed by atoms with Crippen LogP contribution in [0, 0.1) is 0 Å². The SMILES string of the molecule is C[C@@H]1CCC[C@@H](C)N1NC(=O)Nc1ccccc1. The van der Waals surface area contributed by atoms with Gasteiger partial charge >= 0.3 is 6.03 Å². The molecule has 0 unspecified atom stereocenters. The van der Waals surface area contributed by atoms with E-state index in [2.05, 4.69) is 29.6 Å².